The van der Waals surface area contributed by atoms with Gasteiger partial charge in [0.05, 0.1) is 25.4 Å². The Balaban J connectivity index is 2.38. The minimum absolute atomic E-state index is 0.177. The van der Waals surface area contributed by atoms with Crippen LogP contribution in [-0.2, 0) is 14.3 Å². The van der Waals surface area contributed by atoms with E-state index in [9.17, 15) is 30.3 Å². The number of unbranched alkanes of at least 4 members (excludes halogenated alkanes) is 24. The van der Waals surface area contributed by atoms with Crippen molar-refractivity contribution < 1.29 is 39.8 Å². The SMILES string of the molecule is CCCCCCCCCCC/C=C/C(O)C(COC1OC(CO)C(O)C(O)C1O)NC(=O)CCCCCCCCCCCCCCCCCC. The molecule has 9 nitrogen and oxygen atoms in total. The van der Waals surface area contributed by atoms with Crippen LogP contribution < -0.4 is 5.32 Å². The van der Waals surface area contributed by atoms with Crippen molar-refractivity contribution >= 4 is 5.91 Å². The lowest BCUT2D eigenvalue weighted by atomic mass is 9.99. The number of allylic oxidation sites excluding steroid dienone is 1. The predicted molar refractivity (Wildman–Crippen MR) is 203 cm³/mol. The first-order valence-electron chi connectivity index (χ1n) is 20.9. The first-order chi connectivity index (χ1) is 24.3. The van der Waals surface area contributed by atoms with Gasteiger partial charge in [-0.05, 0) is 19.3 Å². The molecular formula is C41H79NO8. The van der Waals surface area contributed by atoms with Crippen molar-refractivity contribution in [1.29, 1.82) is 0 Å². The molecule has 9 heteroatoms. The molecule has 50 heavy (non-hydrogen) atoms. The third kappa shape index (κ3) is 23.5. The summed E-state index contributed by atoms with van der Waals surface area (Å²) in [7, 11) is 0. The lowest BCUT2D eigenvalue weighted by Crippen LogP contribution is -2.60. The molecule has 0 aromatic carbocycles. The van der Waals surface area contributed by atoms with E-state index >= 15 is 0 Å². The number of aliphatic hydroxyl groups excluding tert-OH is 5. The van der Waals surface area contributed by atoms with E-state index in [1.807, 2.05) is 6.08 Å². The van der Waals surface area contributed by atoms with Crippen LogP contribution in [0.25, 0.3) is 0 Å². The van der Waals surface area contributed by atoms with Crippen LogP contribution in [0, 0.1) is 0 Å². The highest BCUT2D eigenvalue weighted by atomic mass is 16.7. The maximum absolute atomic E-state index is 12.9. The Morgan fingerprint density at radius 1 is 0.660 bits per heavy atom. The smallest absolute Gasteiger partial charge is 0.220 e. The monoisotopic (exact) mass is 714 g/mol. The van der Waals surface area contributed by atoms with Gasteiger partial charge in [-0.25, -0.2) is 0 Å². The van der Waals surface area contributed by atoms with E-state index < -0.39 is 49.5 Å². The zero-order valence-electron chi connectivity index (χ0n) is 32.2. The summed E-state index contributed by atoms with van der Waals surface area (Å²) in [4.78, 5) is 12.9. The van der Waals surface area contributed by atoms with E-state index in [0.29, 0.717) is 6.42 Å². The number of amides is 1. The number of hydrogen-bond acceptors (Lipinski definition) is 8. The Labute approximate surface area is 306 Å². The number of nitrogens with one attached hydrogen (secondary N) is 1. The van der Waals surface area contributed by atoms with Crippen molar-refractivity contribution in [2.45, 2.75) is 230 Å². The number of rotatable bonds is 34. The molecule has 1 rings (SSSR count). The van der Waals surface area contributed by atoms with Crippen LogP contribution in [0.3, 0.4) is 0 Å². The van der Waals surface area contributed by atoms with Gasteiger partial charge >= 0.3 is 0 Å². The maximum Gasteiger partial charge on any atom is 0.220 e. The van der Waals surface area contributed by atoms with Crippen molar-refractivity contribution in [2.24, 2.45) is 0 Å². The Kier molecular flexibility index (Phi) is 30.6. The van der Waals surface area contributed by atoms with Crippen LogP contribution in [0.15, 0.2) is 12.2 Å². The van der Waals surface area contributed by atoms with Crippen LogP contribution in [0.1, 0.15) is 187 Å². The Hall–Kier alpha value is -1.07. The lowest BCUT2D eigenvalue weighted by Gasteiger charge is -2.40. The molecular weight excluding hydrogens is 634 g/mol. The Morgan fingerprint density at radius 2 is 1.10 bits per heavy atom. The molecule has 1 heterocycles. The summed E-state index contributed by atoms with van der Waals surface area (Å²) in [6, 6.07) is -0.796. The third-order valence-corrected chi connectivity index (χ3v) is 10.1. The van der Waals surface area contributed by atoms with Gasteiger partial charge in [-0.15, -0.1) is 0 Å². The van der Waals surface area contributed by atoms with Crippen molar-refractivity contribution in [3.8, 4) is 0 Å². The number of ether oxygens (including phenoxy) is 2. The molecule has 0 radical (unpaired) electrons. The number of hydrogen-bond donors (Lipinski definition) is 6. The zero-order chi connectivity index (χ0) is 36.7. The van der Waals surface area contributed by atoms with Crippen molar-refractivity contribution in [1.82, 2.24) is 5.32 Å². The lowest BCUT2D eigenvalue weighted by molar-refractivity contribution is -0.302. The summed E-state index contributed by atoms with van der Waals surface area (Å²) in [5, 5.41) is 54.0. The quantitative estimate of drug-likeness (QED) is 0.0293. The highest BCUT2D eigenvalue weighted by Gasteiger charge is 2.44. The predicted octanol–water partition coefficient (Wildman–Crippen LogP) is 7.78. The fourth-order valence-corrected chi connectivity index (χ4v) is 6.68. The van der Waals surface area contributed by atoms with Crippen LogP contribution in [0.4, 0.5) is 0 Å². The molecule has 1 amide bonds. The Bertz CT molecular complexity index is 797. The molecule has 0 aliphatic carbocycles. The molecule has 6 N–H and O–H groups in total. The van der Waals surface area contributed by atoms with Crippen LogP contribution in [-0.4, -0.2) is 87.5 Å². The fraction of sp³-hybridized carbons (Fsp3) is 0.927. The zero-order valence-corrected chi connectivity index (χ0v) is 32.2. The molecule has 0 bridgehead atoms. The van der Waals surface area contributed by atoms with Crippen LogP contribution in [0.5, 0.6) is 0 Å². The van der Waals surface area contributed by atoms with Gasteiger partial charge in [0.2, 0.25) is 5.91 Å². The van der Waals surface area contributed by atoms with Crippen molar-refractivity contribution in [3.05, 3.63) is 12.2 Å². The largest absolute Gasteiger partial charge is 0.394 e. The normalized spacial score (nSPS) is 22.3. The Morgan fingerprint density at radius 3 is 1.56 bits per heavy atom. The van der Waals surface area contributed by atoms with Crippen LogP contribution in [0.2, 0.25) is 0 Å². The maximum atomic E-state index is 12.9. The summed E-state index contributed by atoms with van der Waals surface area (Å²) < 4.78 is 11.2. The minimum Gasteiger partial charge on any atom is -0.394 e. The summed E-state index contributed by atoms with van der Waals surface area (Å²) >= 11 is 0. The molecule has 1 saturated heterocycles. The third-order valence-electron chi connectivity index (χ3n) is 10.1. The van der Waals surface area contributed by atoms with Gasteiger partial charge in [0, 0.05) is 6.42 Å². The van der Waals surface area contributed by atoms with Crippen molar-refractivity contribution in [3.63, 3.8) is 0 Å². The van der Waals surface area contributed by atoms with Gasteiger partial charge in [-0.3, -0.25) is 4.79 Å². The van der Waals surface area contributed by atoms with E-state index in [4.69, 9.17) is 9.47 Å². The van der Waals surface area contributed by atoms with Gasteiger partial charge in [0.25, 0.3) is 0 Å². The van der Waals surface area contributed by atoms with Gasteiger partial charge in [0.1, 0.15) is 24.4 Å². The minimum atomic E-state index is -1.56. The average molecular weight is 714 g/mol. The second-order valence-electron chi connectivity index (χ2n) is 14.8. The van der Waals surface area contributed by atoms with Gasteiger partial charge in [0.15, 0.2) is 6.29 Å². The average Bonchev–Trinajstić information content (AvgIpc) is 3.11. The van der Waals surface area contributed by atoms with Crippen molar-refractivity contribution in [2.75, 3.05) is 13.2 Å². The molecule has 0 aromatic heterocycles. The molecule has 7 unspecified atom stereocenters. The van der Waals surface area contributed by atoms with E-state index in [-0.39, 0.29) is 12.5 Å². The number of carbonyl (C=O) groups excluding carboxylic acids is 1. The molecule has 0 aromatic rings. The standard InChI is InChI=1S/C41H79NO8/c1-3-5-7-9-11-13-15-16-17-18-19-21-23-25-27-29-31-37(45)42-34(33-49-41-40(48)39(47)38(46)36(32-43)50-41)35(44)30-28-26-24-22-20-14-12-10-8-6-4-2/h28,30,34-36,38-41,43-44,46-48H,3-27,29,31-33H2,1-2H3,(H,42,45)/b30-28+. The van der Waals surface area contributed by atoms with E-state index in [2.05, 4.69) is 19.2 Å². The molecule has 1 aliphatic heterocycles. The van der Waals surface area contributed by atoms with Gasteiger partial charge in [-0.2, -0.15) is 0 Å². The second kappa shape index (κ2) is 32.6. The summed E-state index contributed by atoms with van der Waals surface area (Å²) in [5.74, 6) is -0.177. The summed E-state index contributed by atoms with van der Waals surface area (Å²) in [6.45, 7) is 3.75. The summed E-state index contributed by atoms with van der Waals surface area (Å²) in [6.07, 6.45) is 28.2. The van der Waals surface area contributed by atoms with E-state index in [1.165, 1.54) is 128 Å². The molecule has 1 fully saturated rings. The topological polar surface area (TPSA) is 149 Å². The second-order valence-corrected chi connectivity index (χ2v) is 14.8. The van der Waals surface area contributed by atoms with E-state index in [1.54, 1.807) is 6.08 Å². The molecule has 0 spiro atoms. The number of carbonyl (C=O) groups is 1. The molecule has 7 atom stereocenters. The van der Waals surface area contributed by atoms with E-state index in [0.717, 1.165) is 38.5 Å². The fourth-order valence-electron chi connectivity index (χ4n) is 6.68. The molecule has 296 valence electrons. The first kappa shape index (κ1) is 47.0. The highest BCUT2D eigenvalue weighted by molar-refractivity contribution is 5.76. The highest BCUT2D eigenvalue weighted by Crippen LogP contribution is 2.22. The van der Waals surface area contributed by atoms with Gasteiger partial charge in [-0.1, -0.05) is 174 Å². The van der Waals surface area contributed by atoms with Crippen LogP contribution >= 0.6 is 0 Å². The summed E-state index contributed by atoms with van der Waals surface area (Å²) in [5.41, 5.74) is 0. The molecule has 0 saturated carbocycles. The number of aliphatic hydroxyl groups is 5. The van der Waals surface area contributed by atoms with Gasteiger partial charge < -0.3 is 40.3 Å². The molecule has 1 aliphatic rings. The first-order valence-corrected chi connectivity index (χ1v) is 20.9.